The summed E-state index contributed by atoms with van der Waals surface area (Å²) in [5, 5.41) is 2.21. The lowest BCUT2D eigenvalue weighted by Gasteiger charge is -2.05. The molecule has 0 aliphatic heterocycles. The highest BCUT2D eigenvalue weighted by Crippen LogP contribution is 2.36. The van der Waals surface area contributed by atoms with Crippen molar-refractivity contribution >= 4 is 33.2 Å². The molecule has 0 bridgehead atoms. The summed E-state index contributed by atoms with van der Waals surface area (Å²) in [5.41, 5.74) is 23.7. The van der Waals surface area contributed by atoms with Gasteiger partial charge in [-0.2, -0.15) is 0 Å². The first-order chi connectivity index (χ1) is 16.7. The van der Waals surface area contributed by atoms with Gasteiger partial charge in [-0.05, 0) is 64.6 Å². The first kappa shape index (κ1) is 20.1. The molecule has 0 saturated heterocycles. The van der Waals surface area contributed by atoms with Gasteiger partial charge in [-0.1, -0.05) is 78.9 Å². The second-order valence-electron chi connectivity index (χ2n) is 8.78. The molecule has 0 unspecified atom stereocenters. The van der Waals surface area contributed by atoms with Crippen molar-refractivity contribution in [3.63, 3.8) is 0 Å². The highest BCUT2D eigenvalue weighted by Gasteiger charge is 2.16. The molecular formula is C31H25N3. The molecule has 1 aliphatic rings. The minimum atomic E-state index is 0.754. The third-order valence-electron chi connectivity index (χ3n) is 6.54. The van der Waals surface area contributed by atoms with Crippen molar-refractivity contribution in [2.45, 2.75) is 6.42 Å². The van der Waals surface area contributed by atoms with Gasteiger partial charge < -0.3 is 16.5 Å². The number of aromatic amines is 1. The van der Waals surface area contributed by atoms with E-state index >= 15 is 0 Å². The number of H-pyrrole nitrogens is 1. The van der Waals surface area contributed by atoms with E-state index in [1.165, 1.54) is 22.3 Å². The maximum Gasteiger partial charge on any atom is 0.0546 e. The van der Waals surface area contributed by atoms with E-state index in [-0.39, 0.29) is 0 Å². The number of anilines is 2. The highest BCUT2D eigenvalue weighted by molar-refractivity contribution is 6.13. The maximum atomic E-state index is 6.11. The second-order valence-corrected chi connectivity index (χ2v) is 8.78. The molecule has 1 heterocycles. The van der Waals surface area contributed by atoms with Gasteiger partial charge in [0.25, 0.3) is 0 Å². The summed E-state index contributed by atoms with van der Waals surface area (Å²) in [6.07, 6.45) is 1.10. The number of rotatable bonds is 1. The largest absolute Gasteiger partial charge is 0.399 e. The van der Waals surface area contributed by atoms with E-state index in [1.807, 2.05) is 48.5 Å². The van der Waals surface area contributed by atoms with Gasteiger partial charge in [0.2, 0.25) is 0 Å². The Labute approximate surface area is 198 Å². The van der Waals surface area contributed by atoms with Gasteiger partial charge in [0.15, 0.2) is 0 Å². The highest BCUT2D eigenvalue weighted by atomic mass is 14.7. The van der Waals surface area contributed by atoms with Crippen LogP contribution in [0.25, 0.3) is 44.1 Å². The number of nitrogens with one attached hydrogen (secondary N) is 1. The normalized spacial score (nSPS) is 11.6. The predicted molar refractivity (Wildman–Crippen MR) is 145 cm³/mol. The summed E-state index contributed by atoms with van der Waals surface area (Å²) >= 11 is 0. The standard InChI is InChI=1S/C18H15N3.C13H10/c19-12-6-7-17-15(8-12)16-10-13(20)9-14(18(16)21-17)11-4-2-1-3-5-11;1-3-7-12-10(5-1)9-11-6-2-4-8-13(11)12/h1-10,21H,19-20H2;1-8H,9H2. The fourth-order valence-corrected chi connectivity index (χ4v) is 4.96. The van der Waals surface area contributed by atoms with E-state index in [2.05, 4.69) is 65.6 Å². The molecule has 3 nitrogen and oxygen atoms in total. The average Bonchev–Trinajstić information content (AvgIpc) is 3.43. The molecule has 5 aromatic carbocycles. The first-order valence-electron chi connectivity index (χ1n) is 11.5. The van der Waals surface area contributed by atoms with Crippen molar-refractivity contribution in [1.29, 1.82) is 0 Å². The number of hydrogen-bond donors (Lipinski definition) is 3. The summed E-state index contributed by atoms with van der Waals surface area (Å²) < 4.78 is 0. The Balaban J connectivity index is 0.000000143. The predicted octanol–water partition coefficient (Wildman–Crippen LogP) is 7.41. The lowest BCUT2D eigenvalue weighted by atomic mass is 10.0. The molecule has 0 amide bonds. The second kappa shape index (κ2) is 8.13. The van der Waals surface area contributed by atoms with Gasteiger partial charge >= 0.3 is 0 Å². The quantitative estimate of drug-likeness (QED) is 0.233. The van der Waals surface area contributed by atoms with Crippen LogP contribution in [0, 0.1) is 0 Å². The van der Waals surface area contributed by atoms with Crippen LogP contribution in [-0.2, 0) is 6.42 Å². The Kier molecular flexibility index (Phi) is 4.81. The molecule has 0 spiro atoms. The Morgan fingerprint density at radius 3 is 1.85 bits per heavy atom. The summed E-state index contributed by atoms with van der Waals surface area (Å²) in [5.74, 6) is 0. The van der Waals surface area contributed by atoms with Crippen LogP contribution in [0.4, 0.5) is 11.4 Å². The fraction of sp³-hybridized carbons (Fsp3) is 0.0323. The molecule has 6 aromatic rings. The first-order valence-corrected chi connectivity index (χ1v) is 11.5. The lowest BCUT2D eigenvalue weighted by molar-refractivity contribution is 1.26. The molecule has 0 radical (unpaired) electrons. The molecule has 0 atom stereocenters. The van der Waals surface area contributed by atoms with Crippen LogP contribution in [0.5, 0.6) is 0 Å². The zero-order valence-electron chi connectivity index (χ0n) is 18.8. The molecule has 1 aromatic heterocycles. The van der Waals surface area contributed by atoms with Crippen LogP contribution in [0.2, 0.25) is 0 Å². The van der Waals surface area contributed by atoms with Crippen LogP contribution < -0.4 is 11.5 Å². The van der Waals surface area contributed by atoms with E-state index in [4.69, 9.17) is 11.5 Å². The third-order valence-corrected chi connectivity index (χ3v) is 6.54. The van der Waals surface area contributed by atoms with Crippen molar-refractivity contribution in [3.8, 4) is 22.3 Å². The van der Waals surface area contributed by atoms with Gasteiger partial charge in [0.1, 0.15) is 0 Å². The third kappa shape index (κ3) is 3.48. The SMILES string of the molecule is Nc1ccc2[nH]c3c(-c4ccccc4)cc(N)cc3c2c1.c1ccc2c(c1)Cc1ccccc1-2. The van der Waals surface area contributed by atoms with Crippen molar-refractivity contribution in [3.05, 3.63) is 120 Å². The van der Waals surface area contributed by atoms with Gasteiger partial charge in [0.05, 0.1) is 5.52 Å². The molecule has 1 aliphatic carbocycles. The summed E-state index contributed by atoms with van der Waals surface area (Å²) in [7, 11) is 0. The molecule has 0 saturated carbocycles. The monoisotopic (exact) mass is 439 g/mol. The Morgan fingerprint density at radius 2 is 1.15 bits per heavy atom. The van der Waals surface area contributed by atoms with Crippen LogP contribution in [0.1, 0.15) is 11.1 Å². The lowest BCUT2D eigenvalue weighted by Crippen LogP contribution is -1.87. The Morgan fingerprint density at radius 1 is 0.529 bits per heavy atom. The summed E-state index contributed by atoms with van der Waals surface area (Å²) in [6.45, 7) is 0. The van der Waals surface area contributed by atoms with Crippen molar-refractivity contribution in [2.24, 2.45) is 0 Å². The number of hydrogen-bond acceptors (Lipinski definition) is 2. The number of benzene rings is 5. The van der Waals surface area contributed by atoms with Crippen LogP contribution >= 0.6 is 0 Å². The van der Waals surface area contributed by atoms with Crippen molar-refractivity contribution in [2.75, 3.05) is 11.5 Å². The van der Waals surface area contributed by atoms with Gasteiger partial charge in [-0.3, -0.25) is 0 Å². The van der Waals surface area contributed by atoms with E-state index in [0.29, 0.717) is 0 Å². The number of fused-ring (bicyclic) bond motifs is 6. The maximum absolute atomic E-state index is 6.11. The molecule has 3 heteroatoms. The van der Waals surface area contributed by atoms with Gasteiger partial charge in [-0.25, -0.2) is 0 Å². The Bertz CT molecular complexity index is 1600. The summed E-state index contributed by atoms with van der Waals surface area (Å²) in [6, 6.07) is 37.5. The number of nitrogen functional groups attached to an aromatic ring is 2. The molecular weight excluding hydrogens is 414 g/mol. The number of nitrogens with two attached hydrogens (primary N) is 2. The van der Waals surface area contributed by atoms with Crippen molar-refractivity contribution in [1.82, 2.24) is 4.98 Å². The van der Waals surface area contributed by atoms with Gasteiger partial charge in [-0.15, -0.1) is 0 Å². The summed E-state index contributed by atoms with van der Waals surface area (Å²) in [4.78, 5) is 3.49. The minimum absolute atomic E-state index is 0.754. The minimum Gasteiger partial charge on any atom is -0.399 e. The molecule has 34 heavy (non-hydrogen) atoms. The van der Waals surface area contributed by atoms with E-state index < -0.39 is 0 Å². The molecule has 7 rings (SSSR count). The average molecular weight is 440 g/mol. The zero-order valence-corrected chi connectivity index (χ0v) is 18.8. The van der Waals surface area contributed by atoms with E-state index in [1.54, 1.807) is 0 Å². The Hall–Kier alpha value is -4.50. The molecule has 164 valence electrons. The molecule has 0 fully saturated rings. The van der Waals surface area contributed by atoms with Crippen molar-refractivity contribution < 1.29 is 0 Å². The van der Waals surface area contributed by atoms with Gasteiger partial charge in [0, 0.05) is 33.2 Å². The van der Waals surface area contributed by atoms with Crippen LogP contribution in [-0.4, -0.2) is 4.98 Å². The topological polar surface area (TPSA) is 67.8 Å². The fourth-order valence-electron chi connectivity index (χ4n) is 4.96. The smallest absolute Gasteiger partial charge is 0.0546 e. The van der Waals surface area contributed by atoms with E-state index in [0.717, 1.165) is 50.7 Å². The van der Waals surface area contributed by atoms with Crippen LogP contribution in [0.3, 0.4) is 0 Å². The zero-order chi connectivity index (χ0) is 23.1. The number of aromatic nitrogens is 1. The van der Waals surface area contributed by atoms with Crippen LogP contribution in [0.15, 0.2) is 109 Å². The van der Waals surface area contributed by atoms with E-state index in [9.17, 15) is 0 Å². The molecule has 5 N–H and O–H groups in total.